The molecule has 4 atom stereocenters. The normalized spacial score (nSPS) is 14.0. The molecule has 0 aliphatic heterocycles. The Labute approximate surface area is 229 Å². The molecular formula is C24H33N7O7S. The molecule has 4 unspecified atom stereocenters. The lowest BCUT2D eigenvalue weighted by atomic mass is 10.0. The molecule has 5 amide bonds. The molecule has 1 heterocycles. The summed E-state index contributed by atoms with van der Waals surface area (Å²) in [5.41, 5.74) is 17.4. The van der Waals surface area contributed by atoms with Crippen molar-refractivity contribution in [3.8, 4) is 0 Å². The number of carboxylic acids is 1. The van der Waals surface area contributed by atoms with Crippen molar-refractivity contribution in [2.45, 2.75) is 56.3 Å². The van der Waals surface area contributed by atoms with Crippen molar-refractivity contribution >= 4 is 59.0 Å². The van der Waals surface area contributed by atoms with Gasteiger partial charge in [-0.15, -0.1) is 0 Å². The third-order valence-electron chi connectivity index (χ3n) is 5.87. The van der Waals surface area contributed by atoms with Gasteiger partial charge in [-0.1, -0.05) is 18.2 Å². The Morgan fingerprint density at radius 1 is 0.846 bits per heavy atom. The molecule has 2 rings (SSSR count). The van der Waals surface area contributed by atoms with Gasteiger partial charge in [0.05, 0.1) is 6.04 Å². The number of H-pyrrole nitrogens is 1. The largest absolute Gasteiger partial charge is 0.480 e. The fraction of sp³-hybridized carbons (Fsp3) is 0.417. The number of nitrogens with two attached hydrogens (primary N) is 3. The molecule has 0 radical (unpaired) electrons. The summed E-state index contributed by atoms with van der Waals surface area (Å²) >= 11 is 3.94. The van der Waals surface area contributed by atoms with Gasteiger partial charge in [-0.2, -0.15) is 12.6 Å². The number of rotatable bonds is 16. The van der Waals surface area contributed by atoms with E-state index in [4.69, 9.17) is 17.2 Å². The fourth-order valence-corrected chi connectivity index (χ4v) is 3.90. The number of fused-ring (bicyclic) bond motifs is 1. The minimum absolute atomic E-state index is 0.0212. The molecule has 2 aromatic rings. The molecule has 0 spiro atoms. The van der Waals surface area contributed by atoms with Gasteiger partial charge in [-0.25, -0.2) is 4.79 Å². The minimum atomic E-state index is -1.39. The maximum atomic E-state index is 13.1. The average molecular weight is 564 g/mol. The molecule has 0 saturated heterocycles. The molecule has 11 N–H and O–H groups in total. The number of benzene rings is 1. The maximum Gasteiger partial charge on any atom is 0.326 e. The molecule has 1 aromatic carbocycles. The zero-order valence-electron chi connectivity index (χ0n) is 21.0. The Bertz CT molecular complexity index is 1220. The van der Waals surface area contributed by atoms with Gasteiger partial charge < -0.3 is 43.2 Å². The first-order valence-electron chi connectivity index (χ1n) is 12.0. The van der Waals surface area contributed by atoms with Crippen LogP contribution in [0, 0.1) is 0 Å². The number of nitrogens with one attached hydrogen (secondary N) is 4. The lowest BCUT2D eigenvalue weighted by molar-refractivity contribution is -0.142. The van der Waals surface area contributed by atoms with Crippen LogP contribution in [0.2, 0.25) is 0 Å². The monoisotopic (exact) mass is 563 g/mol. The lowest BCUT2D eigenvalue weighted by Crippen LogP contribution is -2.57. The number of aromatic nitrogens is 1. The predicted molar refractivity (Wildman–Crippen MR) is 144 cm³/mol. The van der Waals surface area contributed by atoms with Crippen LogP contribution in [0.1, 0.15) is 31.2 Å². The van der Waals surface area contributed by atoms with Gasteiger partial charge in [0.2, 0.25) is 29.5 Å². The van der Waals surface area contributed by atoms with Crippen molar-refractivity contribution in [3.63, 3.8) is 0 Å². The number of carboxylic acid groups (broad SMARTS) is 1. The van der Waals surface area contributed by atoms with Crippen LogP contribution in [0.15, 0.2) is 30.5 Å². The molecule has 39 heavy (non-hydrogen) atoms. The first-order chi connectivity index (χ1) is 18.4. The summed E-state index contributed by atoms with van der Waals surface area (Å²) < 4.78 is 0. The van der Waals surface area contributed by atoms with Crippen molar-refractivity contribution in [1.82, 2.24) is 20.9 Å². The van der Waals surface area contributed by atoms with Crippen molar-refractivity contribution in [1.29, 1.82) is 0 Å². The molecule has 0 saturated carbocycles. The van der Waals surface area contributed by atoms with Gasteiger partial charge in [0.25, 0.3) is 0 Å². The molecule has 0 bridgehead atoms. The van der Waals surface area contributed by atoms with Gasteiger partial charge in [0.1, 0.15) is 18.1 Å². The van der Waals surface area contributed by atoms with E-state index < -0.39 is 59.7 Å². The number of aromatic amines is 1. The summed E-state index contributed by atoms with van der Waals surface area (Å²) in [5, 5.41) is 17.7. The van der Waals surface area contributed by atoms with Gasteiger partial charge in [0, 0.05) is 42.1 Å². The fourth-order valence-electron chi connectivity index (χ4n) is 3.74. The lowest BCUT2D eigenvalue weighted by Gasteiger charge is -2.25. The van der Waals surface area contributed by atoms with Crippen molar-refractivity contribution in [3.05, 3.63) is 36.0 Å². The summed E-state index contributed by atoms with van der Waals surface area (Å²) in [6.07, 6.45) is 0.550. The second-order valence-corrected chi connectivity index (χ2v) is 9.25. The van der Waals surface area contributed by atoms with E-state index >= 15 is 0 Å². The van der Waals surface area contributed by atoms with Crippen molar-refractivity contribution in [2.24, 2.45) is 17.2 Å². The van der Waals surface area contributed by atoms with E-state index in [1.54, 1.807) is 18.3 Å². The Kier molecular flexibility index (Phi) is 11.7. The van der Waals surface area contributed by atoms with Gasteiger partial charge >= 0.3 is 5.97 Å². The Balaban J connectivity index is 2.21. The van der Waals surface area contributed by atoms with Gasteiger partial charge in [0.15, 0.2) is 0 Å². The molecule has 0 aliphatic rings. The number of thiol groups is 1. The second-order valence-electron chi connectivity index (χ2n) is 8.88. The Morgan fingerprint density at radius 3 is 1.87 bits per heavy atom. The van der Waals surface area contributed by atoms with E-state index in [9.17, 15) is 33.9 Å². The van der Waals surface area contributed by atoms with Crippen LogP contribution in [-0.2, 0) is 35.2 Å². The molecular weight excluding hydrogens is 530 g/mol. The number of hydrogen-bond acceptors (Lipinski definition) is 8. The summed E-state index contributed by atoms with van der Waals surface area (Å²) in [6.45, 7) is 0. The summed E-state index contributed by atoms with van der Waals surface area (Å²) in [7, 11) is 0. The standard InChI is InChI=1S/C24H33N7O7S/c25-14(11-39)21(34)29-16(5-7-19(26)32)22(35)30-17(6-8-20(27)33)23(36)31-18(24(37)38)9-12-10-28-15-4-2-1-3-13(12)15/h1-4,10,14,16-18,28,39H,5-9,11,25H2,(H2,26,32)(H2,27,33)(H,29,34)(H,30,35)(H,31,36)(H,37,38). The number of aliphatic carboxylic acids is 1. The smallest absolute Gasteiger partial charge is 0.326 e. The predicted octanol–water partition coefficient (Wildman–Crippen LogP) is -1.96. The molecule has 15 heteroatoms. The van der Waals surface area contributed by atoms with Crippen LogP contribution in [-0.4, -0.2) is 75.5 Å². The minimum Gasteiger partial charge on any atom is -0.480 e. The van der Waals surface area contributed by atoms with Crippen LogP contribution in [0.5, 0.6) is 0 Å². The van der Waals surface area contributed by atoms with Gasteiger partial charge in [-0.05, 0) is 24.5 Å². The Morgan fingerprint density at radius 2 is 1.36 bits per heavy atom. The first-order valence-corrected chi connectivity index (χ1v) is 12.7. The molecule has 1 aromatic heterocycles. The zero-order valence-corrected chi connectivity index (χ0v) is 21.9. The third-order valence-corrected chi connectivity index (χ3v) is 6.27. The summed E-state index contributed by atoms with van der Waals surface area (Å²) in [5.74, 6) is -5.31. The summed E-state index contributed by atoms with van der Waals surface area (Å²) in [4.78, 5) is 76.1. The quantitative estimate of drug-likeness (QED) is 0.103. The van der Waals surface area contributed by atoms with Crippen LogP contribution in [0.3, 0.4) is 0 Å². The molecule has 14 nitrogen and oxygen atoms in total. The highest BCUT2D eigenvalue weighted by Crippen LogP contribution is 2.19. The van der Waals surface area contributed by atoms with Crippen molar-refractivity contribution < 1.29 is 33.9 Å². The number of para-hydroxylation sites is 1. The van der Waals surface area contributed by atoms with E-state index in [2.05, 4.69) is 33.6 Å². The van der Waals surface area contributed by atoms with Crippen LogP contribution < -0.4 is 33.2 Å². The SMILES string of the molecule is NC(=O)CCC(NC(=O)C(N)CS)C(=O)NC(CCC(N)=O)C(=O)NC(Cc1c[nH]c2ccccc12)C(=O)O. The van der Waals surface area contributed by atoms with E-state index in [1.807, 2.05) is 12.1 Å². The highest BCUT2D eigenvalue weighted by atomic mass is 32.1. The molecule has 0 aliphatic carbocycles. The van der Waals surface area contributed by atoms with Crippen LogP contribution in [0.4, 0.5) is 0 Å². The van der Waals surface area contributed by atoms with Gasteiger partial charge in [-0.3, -0.25) is 24.0 Å². The summed E-state index contributed by atoms with van der Waals surface area (Å²) in [6, 6.07) is 2.12. The Hall–Kier alpha value is -4.11. The number of primary amides is 2. The van der Waals surface area contributed by atoms with Crippen molar-refractivity contribution in [2.75, 3.05) is 5.75 Å². The maximum absolute atomic E-state index is 13.1. The highest BCUT2D eigenvalue weighted by Gasteiger charge is 2.31. The van der Waals surface area contributed by atoms with E-state index in [0.29, 0.717) is 5.56 Å². The number of carbonyl (C=O) groups excluding carboxylic acids is 5. The first kappa shape index (κ1) is 31.1. The topological polar surface area (TPSA) is 253 Å². The van der Waals surface area contributed by atoms with Crippen LogP contribution in [0.25, 0.3) is 10.9 Å². The number of carbonyl (C=O) groups is 6. The number of hydrogen-bond donors (Lipinski definition) is 9. The van der Waals surface area contributed by atoms with Crippen LogP contribution >= 0.6 is 12.6 Å². The molecule has 0 fully saturated rings. The molecule has 212 valence electrons. The number of amides is 5. The van der Waals surface area contributed by atoms with E-state index in [0.717, 1.165) is 10.9 Å². The van der Waals surface area contributed by atoms with E-state index in [-0.39, 0.29) is 37.9 Å². The zero-order chi connectivity index (χ0) is 29.1. The average Bonchev–Trinajstić information content (AvgIpc) is 3.30. The third kappa shape index (κ3) is 9.61. The van der Waals surface area contributed by atoms with E-state index in [1.165, 1.54) is 0 Å². The second kappa shape index (κ2) is 14.7. The highest BCUT2D eigenvalue weighted by molar-refractivity contribution is 7.80.